The van der Waals surface area contributed by atoms with Gasteiger partial charge in [-0.25, -0.2) is 0 Å². The number of nitro groups is 1. The van der Waals surface area contributed by atoms with Crippen LogP contribution < -0.4 is 20.3 Å². The average Bonchev–Trinajstić information content (AvgIpc) is 3.19. The van der Waals surface area contributed by atoms with E-state index in [4.69, 9.17) is 4.74 Å². The fourth-order valence-electron chi connectivity index (χ4n) is 3.30. The monoisotopic (exact) mass is 511 g/mol. The molecule has 0 spiro atoms. The van der Waals surface area contributed by atoms with Gasteiger partial charge in [-0.15, -0.1) is 24.0 Å². The molecule has 0 amide bonds. The van der Waals surface area contributed by atoms with Crippen molar-refractivity contribution in [2.75, 3.05) is 32.1 Å². The van der Waals surface area contributed by atoms with Crippen LogP contribution in [0.2, 0.25) is 0 Å². The number of nitro benzene ring substituents is 1. The fourth-order valence-corrected chi connectivity index (χ4v) is 3.30. The standard InChI is InChI=1S/C20H25N5O3.HI/c1-21-20(22-13-15-7-9-17(10-8-15)25(26)27)23-16-11-12-24(14-16)18-5-3-4-6-19(18)28-2;/h3-10,16H,11-14H2,1-2H3,(H2,21,22,23);1H. The maximum absolute atomic E-state index is 10.7. The summed E-state index contributed by atoms with van der Waals surface area (Å²) in [7, 11) is 3.42. The number of anilines is 1. The number of aliphatic imine (C=N–C) groups is 1. The van der Waals surface area contributed by atoms with Crippen LogP contribution in [0.3, 0.4) is 0 Å². The first-order valence-electron chi connectivity index (χ1n) is 9.19. The molecule has 9 heteroatoms. The van der Waals surface area contributed by atoms with Crippen molar-refractivity contribution in [3.63, 3.8) is 0 Å². The lowest BCUT2D eigenvalue weighted by atomic mass is 10.2. The molecule has 2 aromatic carbocycles. The number of hydrogen-bond acceptors (Lipinski definition) is 5. The van der Waals surface area contributed by atoms with Crippen LogP contribution in [0.5, 0.6) is 5.75 Å². The van der Waals surface area contributed by atoms with E-state index in [1.807, 2.05) is 18.2 Å². The van der Waals surface area contributed by atoms with E-state index in [0.717, 1.165) is 36.5 Å². The molecule has 0 aliphatic carbocycles. The van der Waals surface area contributed by atoms with Crippen molar-refractivity contribution in [3.8, 4) is 5.75 Å². The van der Waals surface area contributed by atoms with Crippen LogP contribution in [0.15, 0.2) is 53.5 Å². The van der Waals surface area contributed by atoms with Gasteiger partial charge in [0.25, 0.3) is 5.69 Å². The van der Waals surface area contributed by atoms with E-state index in [0.29, 0.717) is 12.5 Å². The first-order chi connectivity index (χ1) is 13.6. The number of para-hydroxylation sites is 2. The molecule has 156 valence electrons. The van der Waals surface area contributed by atoms with Gasteiger partial charge in [-0.2, -0.15) is 0 Å². The van der Waals surface area contributed by atoms with Gasteiger partial charge >= 0.3 is 0 Å². The summed E-state index contributed by atoms with van der Waals surface area (Å²) in [6, 6.07) is 14.8. The maximum Gasteiger partial charge on any atom is 0.269 e. The van der Waals surface area contributed by atoms with Crippen LogP contribution >= 0.6 is 24.0 Å². The van der Waals surface area contributed by atoms with E-state index in [1.165, 1.54) is 12.1 Å². The van der Waals surface area contributed by atoms with E-state index < -0.39 is 4.92 Å². The Morgan fingerprint density at radius 2 is 2.00 bits per heavy atom. The van der Waals surface area contributed by atoms with Crippen LogP contribution in [0.25, 0.3) is 0 Å². The second kappa shape index (κ2) is 10.8. The van der Waals surface area contributed by atoms with E-state index in [2.05, 4.69) is 26.6 Å². The SMILES string of the molecule is CN=C(NCc1ccc([N+](=O)[O-])cc1)NC1CCN(c2ccccc2OC)C1.I. The summed E-state index contributed by atoms with van der Waals surface area (Å²) in [5, 5.41) is 17.5. The molecule has 1 saturated heterocycles. The average molecular weight is 511 g/mol. The minimum atomic E-state index is -0.398. The fraction of sp³-hybridized carbons (Fsp3) is 0.350. The molecular weight excluding hydrogens is 485 g/mol. The van der Waals surface area contributed by atoms with E-state index >= 15 is 0 Å². The Labute approximate surface area is 187 Å². The number of methoxy groups -OCH3 is 1. The van der Waals surface area contributed by atoms with Gasteiger partial charge in [0.15, 0.2) is 5.96 Å². The van der Waals surface area contributed by atoms with Crippen molar-refractivity contribution < 1.29 is 9.66 Å². The van der Waals surface area contributed by atoms with Crippen LogP contribution in [0.1, 0.15) is 12.0 Å². The number of nitrogens with one attached hydrogen (secondary N) is 2. The number of rotatable bonds is 6. The topological polar surface area (TPSA) is 92.0 Å². The van der Waals surface area contributed by atoms with Crippen molar-refractivity contribution in [2.24, 2.45) is 4.99 Å². The third-order valence-electron chi connectivity index (χ3n) is 4.79. The summed E-state index contributed by atoms with van der Waals surface area (Å²) < 4.78 is 5.47. The van der Waals surface area contributed by atoms with E-state index in [9.17, 15) is 10.1 Å². The number of guanidine groups is 1. The van der Waals surface area contributed by atoms with Gasteiger partial charge < -0.3 is 20.3 Å². The zero-order valence-corrected chi connectivity index (χ0v) is 18.8. The number of non-ortho nitro benzene ring substituents is 1. The molecule has 0 radical (unpaired) electrons. The molecule has 2 N–H and O–H groups in total. The first kappa shape index (κ1) is 22.7. The van der Waals surface area contributed by atoms with E-state index in [1.54, 1.807) is 26.3 Å². The Hall–Kier alpha value is -2.56. The summed E-state index contributed by atoms with van der Waals surface area (Å²) in [6.07, 6.45) is 0.996. The second-order valence-corrected chi connectivity index (χ2v) is 6.60. The first-order valence-corrected chi connectivity index (χ1v) is 9.19. The summed E-state index contributed by atoms with van der Waals surface area (Å²) in [6.45, 7) is 2.34. The zero-order chi connectivity index (χ0) is 19.9. The summed E-state index contributed by atoms with van der Waals surface area (Å²) in [4.78, 5) is 16.9. The van der Waals surface area contributed by atoms with Gasteiger partial charge in [0.05, 0.1) is 17.7 Å². The summed E-state index contributed by atoms with van der Waals surface area (Å²) in [5.41, 5.74) is 2.15. The molecule has 0 aromatic heterocycles. The molecule has 29 heavy (non-hydrogen) atoms. The van der Waals surface area contributed by atoms with Gasteiger partial charge in [-0.05, 0) is 24.1 Å². The van der Waals surface area contributed by atoms with Crippen LogP contribution in [0, 0.1) is 10.1 Å². The molecular formula is C20H26IN5O3. The molecule has 8 nitrogen and oxygen atoms in total. The number of hydrogen-bond donors (Lipinski definition) is 2. The molecule has 1 aliphatic heterocycles. The highest BCUT2D eigenvalue weighted by Crippen LogP contribution is 2.30. The molecule has 1 fully saturated rings. The van der Waals surface area contributed by atoms with Crippen molar-refractivity contribution >= 4 is 41.3 Å². The molecule has 1 aliphatic rings. The van der Waals surface area contributed by atoms with Gasteiger partial charge in [0.1, 0.15) is 5.75 Å². The normalized spacial score (nSPS) is 16.1. The van der Waals surface area contributed by atoms with Gasteiger partial charge in [-0.1, -0.05) is 24.3 Å². The highest BCUT2D eigenvalue weighted by Gasteiger charge is 2.25. The maximum atomic E-state index is 10.7. The quantitative estimate of drug-likeness (QED) is 0.204. The van der Waals surface area contributed by atoms with Crippen LogP contribution in [-0.2, 0) is 6.54 Å². The molecule has 2 aromatic rings. The Balaban J connectivity index is 0.00000300. The zero-order valence-electron chi connectivity index (χ0n) is 16.5. The minimum absolute atomic E-state index is 0. The van der Waals surface area contributed by atoms with Gasteiger partial charge in [-0.3, -0.25) is 15.1 Å². The second-order valence-electron chi connectivity index (χ2n) is 6.60. The largest absolute Gasteiger partial charge is 0.495 e. The highest BCUT2D eigenvalue weighted by atomic mass is 127. The van der Waals surface area contributed by atoms with Gasteiger partial charge in [0, 0.05) is 44.9 Å². The lowest BCUT2D eigenvalue weighted by molar-refractivity contribution is -0.384. The minimum Gasteiger partial charge on any atom is -0.495 e. The van der Waals surface area contributed by atoms with E-state index in [-0.39, 0.29) is 35.7 Å². The Kier molecular flexibility index (Phi) is 8.50. The number of nitrogens with zero attached hydrogens (tertiary/aromatic N) is 3. The third kappa shape index (κ3) is 5.96. The van der Waals surface area contributed by atoms with Crippen molar-refractivity contribution in [3.05, 3.63) is 64.2 Å². The van der Waals surface area contributed by atoms with Crippen LogP contribution in [-0.4, -0.2) is 44.2 Å². The van der Waals surface area contributed by atoms with Crippen molar-refractivity contribution in [1.82, 2.24) is 10.6 Å². The Morgan fingerprint density at radius 1 is 1.28 bits per heavy atom. The number of benzene rings is 2. The molecule has 1 atom stereocenters. The van der Waals surface area contributed by atoms with Gasteiger partial charge in [0.2, 0.25) is 0 Å². The number of ether oxygens (including phenoxy) is 1. The lowest BCUT2D eigenvalue weighted by Crippen LogP contribution is -2.44. The molecule has 0 bridgehead atoms. The Bertz CT molecular complexity index is 844. The summed E-state index contributed by atoms with van der Waals surface area (Å²) in [5.74, 6) is 1.59. The predicted molar refractivity (Wildman–Crippen MR) is 125 cm³/mol. The lowest BCUT2D eigenvalue weighted by Gasteiger charge is -2.22. The molecule has 3 rings (SSSR count). The van der Waals surface area contributed by atoms with Crippen molar-refractivity contribution in [1.29, 1.82) is 0 Å². The predicted octanol–water partition coefficient (Wildman–Crippen LogP) is 3.17. The number of halogens is 1. The Morgan fingerprint density at radius 3 is 2.66 bits per heavy atom. The summed E-state index contributed by atoms with van der Waals surface area (Å²) >= 11 is 0. The highest BCUT2D eigenvalue weighted by molar-refractivity contribution is 14.0. The van der Waals surface area contributed by atoms with Crippen LogP contribution in [0.4, 0.5) is 11.4 Å². The molecule has 1 unspecified atom stereocenters. The smallest absolute Gasteiger partial charge is 0.269 e. The molecule has 1 heterocycles. The third-order valence-corrected chi connectivity index (χ3v) is 4.79. The molecule has 0 saturated carbocycles. The van der Waals surface area contributed by atoms with Crippen molar-refractivity contribution in [2.45, 2.75) is 19.0 Å².